The molecule has 106 valence electrons. The third-order valence-corrected chi connectivity index (χ3v) is 2.26. The van der Waals surface area contributed by atoms with Crippen molar-refractivity contribution in [2.24, 2.45) is 0 Å². The molecule has 0 fully saturated rings. The predicted octanol–water partition coefficient (Wildman–Crippen LogP) is 1.81. The zero-order chi connectivity index (χ0) is 14.9. The van der Waals surface area contributed by atoms with Gasteiger partial charge in [0.1, 0.15) is 0 Å². The van der Waals surface area contributed by atoms with Crippen molar-refractivity contribution >= 4 is 17.9 Å². The number of carboxylic acid groups (broad SMARTS) is 1. The molecule has 0 spiro atoms. The molecule has 0 saturated heterocycles. The Hall–Kier alpha value is -2.11. The molecule has 0 aromatic rings. The molecule has 6 nitrogen and oxygen atoms in total. The Bertz CT molecular complexity index is 349. The van der Waals surface area contributed by atoms with Gasteiger partial charge in [-0.05, 0) is 6.42 Å². The maximum Gasteiger partial charge on any atom is 0.333 e. The van der Waals surface area contributed by atoms with Crippen LogP contribution < -0.4 is 0 Å². The van der Waals surface area contributed by atoms with Crippen molar-refractivity contribution in [3.05, 3.63) is 25.3 Å². The van der Waals surface area contributed by atoms with Gasteiger partial charge in [0.2, 0.25) is 0 Å². The van der Waals surface area contributed by atoms with Gasteiger partial charge in [-0.25, -0.2) is 9.59 Å². The molecule has 0 bridgehead atoms. The molecule has 0 aromatic heterocycles. The first-order valence-corrected chi connectivity index (χ1v) is 5.81. The zero-order valence-corrected chi connectivity index (χ0v) is 10.9. The molecule has 1 N–H and O–H groups in total. The number of carbonyl (C=O) groups excluding carboxylic acids is 2. The average Bonchev–Trinajstić information content (AvgIpc) is 2.36. The minimum absolute atomic E-state index is 0.130. The molecule has 0 aromatic carbocycles. The summed E-state index contributed by atoms with van der Waals surface area (Å²) in [6.07, 6.45) is 2.15. The first-order chi connectivity index (χ1) is 8.89. The summed E-state index contributed by atoms with van der Waals surface area (Å²) in [6.45, 7) is 8.29. The van der Waals surface area contributed by atoms with E-state index < -0.39 is 23.7 Å². The Labute approximate surface area is 111 Å². The quantitative estimate of drug-likeness (QED) is 0.390. The minimum Gasteiger partial charge on any atom is -0.481 e. The van der Waals surface area contributed by atoms with Gasteiger partial charge >= 0.3 is 17.9 Å². The van der Waals surface area contributed by atoms with Gasteiger partial charge in [-0.2, -0.15) is 0 Å². The number of carboxylic acids is 1. The van der Waals surface area contributed by atoms with E-state index in [4.69, 9.17) is 14.6 Å². The standard InChI is InChI=1S/C13H18O6/c1-4-8-13(9-7-10(14)15,18-11(16)5-2)19-12(17)6-3/h5-6H,2-4,7-9H2,1H3,(H,14,15). The molecule has 0 radical (unpaired) electrons. The first kappa shape index (κ1) is 16.9. The second-order valence-electron chi connectivity index (χ2n) is 3.80. The number of carbonyl (C=O) groups is 3. The van der Waals surface area contributed by atoms with Crippen LogP contribution in [-0.4, -0.2) is 28.8 Å². The monoisotopic (exact) mass is 270 g/mol. The number of esters is 2. The fourth-order valence-electron chi connectivity index (χ4n) is 1.48. The highest BCUT2D eigenvalue weighted by atomic mass is 16.7. The van der Waals surface area contributed by atoms with Gasteiger partial charge in [-0.3, -0.25) is 4.79 Å². The molecule has 0 amide bonds. The summed E-state index contributed by atoms with van der Waals surface area (Å²) in [5.41, 5.74) is 0. The largest absolute Gasteiger partial charge is 0.481 e. The third kappa shape index (κ3) is 6.40. The van der Waals surface area contributed by atoms with Gasteiger partial charge < -0.3 is 14.6 Å². The minimum atomic E-state index is -1.59. The predicted molar refractivity (Wildman–Crippen MR) is 67.1 cm³/mol. The zero-order valence-electron chi connectivity index (χ0n) is 10.9. The van der Waals surface area contributed by atoms with Crippen molar-refractivity contribution in [1.82, 2.24) is 0 Å². The Balaban J connectivity index is 5.11. The van der Waals surface area contributed by atoms with Crippen LogP contribution in [0.2, 0.25) is 0 Å². The molecular weight excluding hydrogens is 252 g/mol. The average molecular weight is 270 g/mol. The van der Waals surface area contributed by atoms with Crippen molar-refractivity contribution in [3.63, 3.8) is 0 Å². The maximum atomic E-state index is 11.3. The lowest BCUT2D eigenvalue weighted by Gasteiger charge is -2.31. The van der Waals surface area contributed by atoms with E-state index in [-0.39, 0.29) is 19.3 Å². The number of aliphatic carboxylic acids is 1. The SMILES string of the molecule is C=CC(=O)OC(CCC)(CCC(=O)O)OC(=O)C=C. The maximum absolute atomic E-state index is 11.3. The van der Waals surface area contributed by atoms with Crippen LogP contribution in [0.15, 0.2) is 25.3 Å². The van der Waals surface area contributed by atoms with Crippen molar-refractivity contribution in [2.45, 2.75) is 38.4 Å². The van der Waals surface area contributed by atoms with Crippen molar-refractivity contribution in [2.75, 3.05) is 0 Å². The molecule has 0 unspecified atom stereocenters. The highest BCUT2D eigenvalue weighted by Gasteiger charge is 2.37. The summed E-state index contributed by atoms with van der Waals surface area (Å²) in [4.78, 5) is 33.3. The number of hydrogen-bond acceptors (Lipinski definition) is 5. The molecule has 0 aliphatic rings. The third-order valence-electron chi connectivity index (χ3n) is 2.26. The summed E-state index contributed by atoms with van der Waals surface area (Å²) in [5.74, 6) is -4.24. The molecule has 0 aliphatic carbocycles. The molecule has 0 atom stereocenters. The van der Waals surface area contributed by atoms with Crippen molar-refractivity contribution < 1.29 is 29.0 Å². The molecule has 0 rings (SSSR count). The van der Waals surface area contributed by atoms with Crippen LogP contribution in [0.5, 0.6) is 0 Å². The van der Waals surface area contributed by atoms with Crippen molar-refractivity contribution in [1.29, 1.82) is 0 Å². The molecule has 19 heavy (non-hydrogen) atoms. The normalized spacial score (nSPS) is 10.4. The van der Waals surface area contributed by atoms with Crippen LogP contribution in [0.4, 0.5) is 0 Å². The van der Waals surface area contributed by atoms with Crippen LogP contribution >= 0.6 is 0 Å². The van der Waals surface area contributed by atoms with Gasteiger partial charge in [0.25, 0.3) is 5.79 Å². The highest BCUT2D eigenvalue weighted by Crippen LogP contribution is 2.27. The van der Waals surface area contributed by atoms with Crippen LogP contribution in [0.1, 0.15) is 32.6 Å². The van der Waals surface area contributed by atoms with E-state index in [2.05, 4.69) is 13.2 Å². The van der Waals surface area contributed by atoms with Crippen LogP contribution in [-0.2, 0) is 23.9 Å². The lowest BCUT2D eigenvalue weighted by molar-refractivity contribution is -0.228. The van der Waals surface area contributed by atoms with Gasteiger partial charge in [0.15, 0.2) is 0 Å². The Morgan fingerprint density at radius 3 is 1.89 bits per heavy atom. The van der Waals surface area contributed by atoms with E-state index in [9.17, 15) is 14.4 Å². The van der Waals surface area contributed by atoms with Crippen LogP contribution in [0, 0.1) is 0 Å². The number of rotatable bonds is 9. The first-order valence-electron chi connectivity index (χ1n) is 5.81. The van der Waals surface area contributed by atoms with Gasteiger partial charge in [-0.15, -0.1) is 0 Å². The molecule has 0 aliphatic heterocycles. The van der Waals surface area contributed by atoms with Gasteiger partial charge in [0.05, 0.1) is 6.42 Å². The van der Waals surface area contributed by atoms with E-state index in [0.717, 1.165) is 12.2 Å². The number of hydrogen-bond donors (Lipinski definition) is 1. The summed E-state index contributed by atoms with van der Waals surface area (Å²) < 4.78 is 10.1. The Morgan fingerprint density at radius 2 is 1.58 bits per heavy atom. The lowest BCUT2D eigenvalue weighted by Crippen LogP contribution is -2.40. The van der Waals surface area contributed by atoms with Crippen molar-refractivity contribution in [3.8, 4) is 0 Å². The van der Waals surface area contributed by atoms with Crippen LogP contribution in [0.25, 0.3) is 0 Å². The van der Waals surface area contributed by atoms with Gasteiger partial charge in [-0.1, -0.05) is 20.1 Å². The summed E-state index contributed by atoms with van der Waals surface area (Å²) in [6, 6.07) is 0. The fourth-order valence-corrected chi connectivity index (χ4v) is 1.48. The second kappa shape index (κ2) is 8.07. The molecule has 0 saturated carbocycles. The summed E-state index contributed by atoms with van der Waals surface area (Å²) in [5, 5.41) is 8.71. The fraction of sp³-hybridized carbons (Fsp3) is 0.462. The molecule has 6 heteroatoms. The van der Waals surface area contributed by atoms with E-state index in [1.165, 1.54) is 0 Å². The second-order valence-corrected chi connectivity index (χ2v) is 3.80. The lowest BCUT2D eigenvalue weighted by atomic mass is 10.0. The Morgan fingerprint density at radius 1 is 1.11 bits per heavy atom. The highest BCUT2D eigenvalue weighted by molar-refractivity contribution is 5.83. The van der Waals surface area contributed by atoms with E-state index in [1.807, 2.05) is 0 Å². The van der Waals surface area contributed by atoms with E-state index in [1.54, 1.807) is 6.92 Å². The van der Waals surface area contributed by atoms with Crippen LogP contribution in [0.3, 0.4) is 0 Å². The summed E-state index contributed by atoms with van der Waals surface area (Å²) >= 11 is 0. The smallest absolute Gasteiger partial charge is 0.333 e. The topological polar surface area (TPSA) is 89.9 Å². The number of ether oxygens (including phenoxy) is 2. The molecule has 0 heterocycles. The summed E-state index contributed by atoms with van der Waals surface area (Å²) in [7, 11) is 0. The van der Waals surface area contributed by atoms with E-state index in [0.29, 0.717) is 6.42 Å². The molecular formula is C13H18O6. The Kier molecular flexibility index (Phi) is 7.18. The van der Waals surface area contributed by atoms with Gasteiger partial charge in [0, 0.05) is 25.0 Å². The van der Waals surface area contributed by atoms with E-state index >= 15 is 0 Å².